The molecule has 1 aliphatic rings. The third kappa shape index (κ3) is 3.84. The summed E-state index contributed by atoms with van der Waals surface area (Å²) < 4.78 is 15.7. The topological polar surface area (TPSA) is 86.5 Å². The van der Waals surface area contributed by atoms with Crippen molar-refractivity contribution in [1.82, 2.24) is 10.1 Å². The summed E-state index contributed by atoms with van der Waals surface area (Å²) in [5, 5.41) is 6.82. The van der Waals surface area contributed by atoms with E-state index < -0.39 is 0 Å². The van der Waals surface area contributed by atoms with Crippen LogP contribution in [0.3, 0.4) is 0 Å². The summed E-state index contributed by atoms with van der Waals surface area (Å²) in [7, 11) is 0. The van der Waals surface area contributed by atoms with Crippen molar-refractivity contribution in [1.29, 1.82) is 0 Å². The van der Waals surface area contributed by atoms with Gasteiger partial charge >= 0.3 is 0 Å². The van der Waals surface area contributed by atoms with Gasteiger partial charge in [0, 0.05) is 30.0 Å². The molecule has 0 saturated carbocycles. The first-order valence-corrected chi connectivity index (χ1v) is 7.94. The minimum atomic E-state index is -0.140. The number of benzene rings is 1. The van der Waals surface area contributed by atoms with Crippen LogP contribution in [-0.4, -0.2) is 22.8 Å². The van der Waals surface area contributed by atoms with E-state index in [1.807, 2.05) is 20.8 Å². The lowest BCUT2D eigenvalue weighted by molar-refractivity contribution is -0.116. The van der Waals surface area contributed by atoms with Gasteiger partial charge in [-0.3, -0.25) is 4.79 Å². The zero-order chi connectivity index (χ0) is 17.2. The van der Waals surface area contributed by atoms with E-state index in [-0.39, 0.29) is 18.1 Å². The quantitative estimate of drug-likeness (QED) is 0.906. The highest BCUT2D eigenvalue weighted by Crippen LogP contribution is 2.34. The number of aryl methyl sites for hydroxylation is 1. The molecule has 7 heteroatoms. The van der Waals surface area contributed by atoms with Crippen LogP contribution in [0.25, 0.3) is 0 Å². The van der Waals surface area contributed by atoms with Crippen LogP contribution in [0.5, 0.6) is 11.5 Å². The number of ether oxygens (including phenoxy) is 2. The molecule has 0 radical (unpaired) electrons. The molecule has 1 aromatic heterocycles. The summed E-state index contributed by atoms with van der Waals surface area (Å²) in [5.74, 6) is 2.52. The smallest absolute Gasteiger partial charge is 0.231 e. The van der Waals surface area contributed by atoms with Gasteiger partial charge in [-0.1, -0.05) is 25.9 Å². The lowest BCUT2D eigenvalue weighted by atomic mass is 9.96. The van der Waals surface area contributed by atoms with Crippen LogP contribution in [0, 0.1) is 0 Å². The predicted octanol–water partition coefficient (Wildman–Crippen LogP) is 3.06. The molecule has 0 fully saturated rings. The highest BCUT2D eigenvalue weighted by atomic mass is 16.7. The van der Waals surface area contributed by atoms with Crippen molar-refractivity contribution < 1.29 is 18.8 Å². The van der Waals surface area contributed by atoms with Gasteiger partial charge < -0.3 is 19.3 Å². The van der Waals surface area contributed by atoms with Crippen molar-refractivity contribution >= 4 is 11.6 Å². The molecule has 1 aromatic carbocycles. The number of anilines is 1. The number of nitrogens with zero attached hydrogens (tertiary/aromatic N) is 2. The molecule has 24 heavy (non-hydrogen) atoms. The number of rotatable bonds is 5. The van der Waals surface area contributed by atoms with E-state index in [0.717, 1.165) is 0 Å². The van der Waals surface area contributed by atoms with Crippen molar-refractivity contribution in [2.75, 3.05) is 12.1 Å². The molecule has 0 aliphatic carbocycles. The van der Waals surface area contributed by atoms with E-state index in [9.17, 15) is 4.79 Å². The van der Waals surface area contributed by atoms with Gasteiger partial charge in [-0.25, -0.2) is 0 Å². The lowest BCUT2D eigenvalue weighted by Crippen LogP contribution is -2.13. The van der Waals surface area contributed by atoms with Gasteiger partial charge in [0.2, 0.25) is 18.6 Å². The Hall–Kier alpha value is -2.57. The average Bonchev–Trinajstić information content (AvgIpc) is 3.14. The van der Waals surface area contributed by atoms with Crippen molar-refractivity contribution in [3.05, 3.63) is 29.9 Å². The molecule has 0 saturated heterocycles. The van der Waals surface area contributed by atoms with Crippen molar-refractivity contribution in [2.45, 2.75) is 45.4 Å². The Morgan fingerprint density at radius 1 is 1.25 bits per heavy atom. The monoisotopic (exact) mass is 331 g/mol. The first-order chi connectivity index (χ1) is 11.4. The zero-order valence-electron chi connectivity index (χ0n) is 14.1. The molecule has 7 nitrogen and oxygen atoms in total. The summed E-state index contributed by atoms with van der Waals surface area (Å²) in [5.41, 5.74) is 0.551. The first-order valence-electron chi connectivity index (χ1n) is 7.94. The highest BCUT2D eigenvalue weighted by molar-refractivity contribution is 5.91. The summed E-state index contributed by atoms with van der Waals surface area (Å²) in [6.45, 7) is 6.30. The van der Waals surface area contributed by atoms with Gasteiger partial charge in [-0.2, -0.15) is 4.98 Å². The number of carbonyl (C=O) groups excluding carboxylic acids is 1. The summed E-state index contributed by atoms with van der Waals surface area (Å²) in [4.78, 5) is 16.4. The molecule has 1 N–H and O–H groups in total. The molecule has 2 heterocycles. The maximum atomic E-state index is 12.0. The maximum Gasteiger partial charge on any atom is 0.231 e. The SMILES string of the molecule is CC(C)(C)c1noc(CCCC(=O)Nc2ccc3c(c2)OCO3)n1. The molecular weight excluding hydrogens is 310 g/mol. The Bertz CT molecular complexity index is 734. The van der Waals surface area contributed by atoms with Crippen LogP contribution < -0.4 is 14.8 Å². The van der Waals surface area contributed by atoms with Gasteiger partial charge in [0.05, 0.1) is 0 Å². The van der Waals surface area contributed by atoms with E-state index in [4.69, 9.17) is 14.0 Å². The van der Waals surface area contributed by atoms with E-state index >= 15 is 0 Å². The number of fused-ring (bicyclic) bond motifs is 1. The zero-order valence-corrected chi connectivity index (χ0v) is 14.1. The van der Waals surface area contributed by atoms with Crippen LogP contribution in [0.15, 0.2) is 22.7 Å². The fraction of sp³-hybridized carbons (Fsp3) is 0.471. The molecule has 2 aromatic rings. The number of amides is 1. The third-order valence-corrected chi connectivity index (χ3v) is 3.59. The first kappa shape index (κ1) is 16.3. The highest BCUT2D eigenvalue weighted by Gasteiger charge is 2.21. The fourth-order valence-electron chi connectivity index (χ4n) is 2.26. The molecule has 0 unspecified atom stereocenters. The van der Waals surface area contributed by atoms with Gasteiger partial charge in [-0.05, 0) is 18.6 Å². The second-order valence-corrected chi connectivity index (χ2v) is 6.73. The summed E-state index contributed by atoms with van der Waals surface area (Å²) in [6, 6.07) is 5.33. The van der Waals surface area contributed by atoms with Crippen molar-refractivity contribution in [3.63, 3.8) is 0 Å². The van der Waals surface area contributed by atoms with Crippen LogP contribution in [0.2, 0.25) is 0 Å². The minimum Gasteiger partial charge on any atom is -0.454 e. The van der Waals surface area contributed by atoms with E-state index in [1.165, 1.54) is 0 Å². The van der Waals surface area contributed by atoms with Gasteiger partial charge in [0.1, 0.15) is 0 Å². The molecule has 3 rings (SSSR count). The van der Waals surface area contributed by atoms with Gasteiger partial charge in [0.15, 0.2) is 17.3 Å². The largest absolute Gasteiger partial charge is 0.454 e. The predicted molar refractivity (Wildman–Crippen MR) is 87.1 cm³/mol. The van der Waals surface area contributed by atoms with Gasteiger partial charge in [-0.15, -0.1) is 0 Å². The number of aromatic nitrogens is 2. The van der Waals surface area contributed by atoms with Crippen molar-refractivity contribution in [3.8, 4) is 11.5 Å². The Morgan fingerprint density at radius 3 is 2.79 bits per heavy atom. The molecule has 0 atom stereocenters. The normalized spacial score (nSPS) is 13.1. The summed E-state index contributed by atoms with van der Waals surface area (Å²) >= 11 is 0. The third-order valence-electron chi connectivity index (χ3n) is 3.59. The van der Waals surface area contributed by atoms with E-state index in [0.29, 0.717) is 48.2 Å². The Labute approximate surface area is 140 Å². The van der Waals surface area contributed by atoms with Gasteiger partial charge in [0.25, 0.3) is 0 Å². The molecule has 128 valence electrons. The molecule has 1 aliphatic heterocycles. The number of hydrogen-bond acceptors (Lipinski definition) is 6. The molecular formula is C17H21N3O4. The van der Waals surface area contributed by atoms with Crippen LogP contribution in [0.4, 0.5) is 5.69 Å². The van der Waals surface area contributed by atoms with Crippen molar-refractivity contribution in [2.24, 2.45) is 0 Å². The maximum absolute atomic E-state index is 12.0. The standard InChI is InChI=1S/C17H21N3O4/c1-17(2,3)16-19-15(24-20-16)6-4-5-14(21)18-11-7-8-12-13(9-11)23-10-22-12/h7-9H,4-6,10H2,1-3H3,(H,18,21). The van der Waals surface area contributed by atoms with Crippen LogP contribution >= 0.6 is 0 Å². The number of hydrogen-bond donors (Lipinski definition) is 1. The molecule has 1 amide bonds. The Morgan fingerprint density at radius 2 is 2.04 bits per heavy atom. The van der Waals surface area contributed by atoms with E-state index in [2.05, 4.69) is 15.5 Å². The Balaban J connectivity index is 1.47. The number of carbonyl (C=O) groups is 1. The number of nitrogens with one attached hydrogen (secondary N) is 1. The average molecular weight is 331 g/mol. The Kier molecular flexibility index (Phi) is 4.42. The van der Waals surface area contributed by atoms with Crippen LogP contribution in [0.1, 0.15) is 45.3 Å². The minimum absolute atomic E-state index is 0.0653. The second-order valence-electron chi connectivity index (χ2n) is 6.73. The fourth-order valence-corrected chi connectivity index (χ4v) is 2.26. The van der Waals surface area contributed by atoms with E-state index in [1.54, 1.807) is 18.2 Å². The second kappa shape index (κ2) is 6.51. The molecule has 0 spiro atoms. The summed E-state index contributed by atoms with van der Waals surface area (Å²) in [6.07, 6.45) is 1.60. The molecule has 0 bridgehead atoms. The lowest BCUT2D eigenvalue weighted by Gasteiger charge is -2.10. The van der Waals surface area contributed by atoms with Crippen LogP contribution in [-0.2, 0) is 16.6 Å².